The number of rotatable bonds is 5. The first-order valence-electron chi connectivity index (χ1n) is 5.11. The molecule has 0 radical (unpaired) electrons. The van der Waals surface area contributed by atoms with Gasteiger partial charge >= 0.3 is 5.97 Å². The summed E-state index contributed by atoms with van der Waals surface area (Å²) < 4.78 is 16.5. The van der Waals surface area contributed by atoms with Crippen LogP contribution in [-0.2, 0) is 14.1 Å². The standard InChI is InChI=1S/C11H15O4P/c1-2-15-11(13)6-7-16(14)10-5-3-4-9(12)8-10/h3-5,8,12,16H,2,6-7H2,1H3. The van der Waals surface area contributed by atoms with Crippen LogP contribution in [0, 0.1) is 0 Å². The van der Waals surface area contributed by atoms with Crippen molar-refractivity contribution in [2.45, 2.75) is 13.3 Å². The molecule has 0 aromatic heterocycles. The summed E-state index contributed by atoms with van der Waals surface area (Å²) in [7, 11) is -2.01. The maximum Gasteiger partial charge on any atom is 0.306 e. The molecule has 0 heterocycles. The molecule has 0 amide bonds. The smallest absolute Gasteiger partial charge is 0.306 e. The summed E-state index contributed by atoms with van der Waals surface area (Å²) in [4.78, 5) is 11.1. The van der Waals surface area contributed by atoms with Crippen molar-refractivity contribution in [2.24, 2.45) is 0 Å². The van der Waals surface area contributed by atoms with Crippen LogP contribution in [0.25, 0.3) is 0 Å². The normalized spacial score (nSPS) is 12.1. The minimum atomic E-state index is -2.01. The Bertz CT molecular complexity index is 389. The summed E-state index contributed by atoms with van der Waals surface area (Å²) in [5.41, 5.74) is 0. The van der Waals surface area contributed by atoms with Gasteiger partial charge in [0.15, 0.2) is 0 Å². The zero-order valence-corrected chi connectivity index (χ0v) is 10.1. The molecule has 1 unspecified atom stereocenters. The third kappa shape index (κ3) is 4.07. The summed E-state index contributed by atoms with van der Waals surface area (Å²) >= 11 is 0. The van der Waals surface area contributed by atoms with E-state index >= 15 is 0 Å². The highest BCUT2D eigenvalue weighted by Gasteiger charge is 2.08. The molecule has 0 spiro atoms. The Kier molecular flexibility index (Phi) is 5.06. The first-order chi connectivity index (χ1) is 7.63. The molecule has 0 aliphatic heterocycles. The van der Waals surface area contributed by atoms with Crippen LogP contribution in [0.5, 0.6) is 5.75 Å². The van der Waals surface area contributed by atoms with E-state index in [2.05, 4.69) is 0 Å². The van der Waals surface area contributed by atoms with Crippen LogP contribution in [-0.4, -0.2) is 23.8 Å². The van der Waals surface area contributed by atoms with Crippen molar-refractivity contribution in [1.82, 2.24) is 0 Å². The molecular weight excluding hydrogens is 227 g/mol. The first kappa shape index (κ1) is 12.8. The van der Waals surface area contributed by atoms with Gasteiger partial charge in [-0.1, -0.05) is 12.1 Å². The first-order valence-corrected chi connectivity index (χ1v) is 6.73. The molecular formula is C11H15O4P. The molecule has 1 rings (SSSR count). The molecule has 0 saturated heterocycles. The van der Waals surface area contributed by atoms with Crippen molar-refractivity contribution in [1.29, 1.82) is 0 Å². The maximum absolute atomic E-state index is 11.8. The Balaban J connectivity index is 2.50. The van der Waals surface area contributed by atoms with Gasteiger partial charge in [-0.2, -0.15) is 0 Å². The zero-order valence-electron chi connectivity index (χ0n) is 9.10. The van der Waals surface area contributed by atoms with E-state index in [4.69, 9.17) is 4.74 Å². The second-order valence-corrected chi connectivity index (χ2v) is 5.20. The van der Waals surface area contributed by atoms with Crippen LogP contribution in [0.15, 0.2) is 24.3 Å². The summed E-state index contributed by atoms with van der Waals surface area (Å²) in [5, 5.41) is 9.80. The van der Waals surface area contributed by atoms with Crippen LogP contribution in [0.4, 0.5) is 0 Å². The van der Waals surface area contributed by atoms with Crippen molar-refractivity contribution in [3.8, 4) is 5.75 Å². The van der Waals surface area contributed by atoms with Crippen LogP contribution in [0.3, 0.4) is 0 Å². The molecule has 5 heteroatoms. The van der Waals surface area contributed by atoms with Gasteiger partial charge in [0.1, 0.15) is 13.6 Å². The molecule has 1 aromatic rings. The quantitative estimate of drug-likeness (QED) is 0.628. The number of esters is 1. The average Bonchev–Trinajstić information content (AvgIpc) is 2.26. The fourth-order valence-corrected chi connectivity index (χ4v) is 2.58. The van der Waals surface area contributed by atoms with E-state index in [-0.39, 0.29) is 24.3 Å². The second-order valence-electron chi connectivity index (χ2n) is 3.28. The SMILES string of the molecule is CCOC(=O)CC[PH](=O)c1cccc(O)c1. The number of aromatic hydroxyl groups is 1. The fraction of sp³-hybridized carbons (Fsp3) is 0.364. The Labute approximate surface area is 95.0 Å². The Morgan fingerprint density at radius 1 is 1.50 bits per heavy atom. The number of phenols is 1. The molecule has 0 fully saturated rings. The van der Waals surface area contributed by atoms with Crippen molar-refractivity contribution in [3.63, 3.8) is 0 Å². The monoisotopic (exact) mass is 242 g/mol. The summed E-state index contributed by atoms with van der Waals surface area (Å²) in [6.45, 7) is 2.07. The van der Waals surface area contributed by atoms with Gasteiger partial charge in [0.05, 0.1) is 13.0 Å². The molecule has 1 atom stereocenters. The van der Waals surface area contributed by atoms with E-state index in [1.807, 2.05) is 0 Å². The molecule has 1 N–H and O–H groups in total. The topological polar surface area (TPSA) is 63.6 Å². The van der Waals surface area contributed by atoms with Crippen molar-refractivity contribution >= 4 is 19.1 Å². The van der Waals surface area contributed by atoms with Crippen LogP contribution in [0.2, 0.25) is 0 Å². The highest BCUT2D eigenvalue weighted by atomic mass is 31.1. The highest BCUT2D eigenvalue weighted by molar-refractivity contribution is 7.53. The zero-order chi connectivity index (χ0) is 12.0. The number of carbonyl (C=O) groups excluding carboxylic acids is 1. The highest BCUT2D eigenvalue weighted by Crippen LogP contribution is 2.22. The van der Waals surface area contributed by atoms with E-state index in [0.717, 1.165) is 0 Å². The van der Waals surface area contributed by atoms with Gasteiger partial charge in [0.25, 0.3) is 0 Å². The van der Waals surface area contributed by atoms with Gasteiger partial charge in [-0.15, -0.1) is 0 Å². The summed E-state index contributed by atoms with van der Waals surface area (Å²) in [6, 6.07) is 6.31. The Morgan fingerprint density at radius 2 is 2.25 bits per heavy atom. The Hall–Kier alpha value is -1.28. The summed E-state index contributed by atoms with van der Waals surface area (Å²) in [6.07, 6.45) is 0.439. The fourth-order valence-electron chi connectivity index (χ4n) is 1.27. The van der Waals surface area contributed by atoms with Crippen molar-refractivity contribution in [2.75, 3.05) is 12.8 Å². The lowest BCUT2D eigenvalue weighted by molar-refractivity contribution is -0.142. The molecule has 1 aromatic carbocycles. The number of ether oxygens (including phenoxy) is 1. The third-order valence-electron chi connectivity index (χ3n) is 2.03. The van der Waals surface area contributed by atoms with Gasteiger partial charge in [-0.25, -0.2) is 0 Å². The molecule has 0 saturated carbocycles. The lowest BCUT2D eigenvalue weighted by atomic mass is 10.3. The average molecular weight is 242 g/mol. The molecule has 16 heavy (non-hydrogen) atoms. The van der Waals surface area contributed by atoms with E-state index in [9.17, 15) is 14.5 Å². The van der Waals surface area contributed by atoms with Crippen LogP contribution < -0.4 is 5.30 Å². The van der Waals surface area contributed by atoms with Crippen molar-refractivity contribution in [3.05, 3.63) is 24.3 Å². The minimum Gasteiger partial charge on any atom is -0.508 e. The largest absolute Gasteiger partial charge is 0.508 e. The van der Waals surface area contributed by atoms with E-state index < -0.39 is 7.80 Å². The van der Waals surface area contributed by atoms with Gasteiger partial charge in [-0.05, 0) is 19.1 Å². The van der Waals surface area contributed by atoms with Gasteiger partial charge in [0, 0.05) is 11.5 Å². The van der Waals surface area contributed by atoms with Gasteiger partial charge in [-0.3, -0.25) is 4.79 Å². The number of hydrogen-bond acceptors (Lipinski definition) is 4. The van der Waals surface area contributed by atoms with E-state index in [1.54, 1.807) is 19.1 Å². The predicted octanol–water partition coefficient (Wildman–Crippen LogP) is 1.53. The van der Waals surface area contributed by atoms with Crippen molar-refractivity contribution < 1.29 is 19.2 Å². The molecule has 4 nitrogen and oxygen atoms in total. The minimum absolute atomic E-state index is 0.0898. The van der Waals surface area contributed by atoms with Gasteiger partial charge < -0.3 is 14.4 Å². The van der Waals surface area contributed by atoms with E-state index in [1.165, 1.54) is 12.1 Å². The molecule has 0 bridgehead atoms. The molecule has 88 valence electrons. The third-order valence-corrected chi connectivity index (χ3v) is 3.69. The molecule has 0 aliphatic carbocycles. The van der Waals surface area contributed by atoms with Gasteiger partial charge in [0.2, 0.25) is 0 Å². The number of carbonyl (C=O) groups is 1. The lowest BCUT2D eigenvalue weighted by Gasteiger charge is -2.03. The Morgan fingerprint density at radius 3 is 2.88 bits per heavy atom. The number of hydrogen-bond donors (Lipinski definition) is 1. The molecule has 0 aliphatic rings. The predicted molar refractivity (Wildman–Crippen MR) is 62.9 cm³/mol. The number of benzene rings is 1. The van der Waals surface area contributed by atoms with Crippen LogP contribution in [0.1, 0.15) is 13.3 Å². The van der Waals surface area contributed by atoms with Crippen LogP contribution >= 0.6 is 7.80 Å². The number of phenolic OH excluding ortho intramolecular Hbond substituents is 1. The lowest BCUT2D eigenvalue weighted by Crippen LogP contribution is -2.07. The second kappa shape index (κ2) is 6.33. The van der Waals surface area contributed by atoms with E-state index in [0.29, 0.717) is 11.9 Å². The maximum atomic E-state index is 11.8. The summed E-state index contributed by atoms with van der Waals surface area (Å²) in [5.74, 6) is -0.243.